The second kappa shape index (κ2) is 5.52. The predicted octanol–water partition coefficient (Wildman–Crippen LogP) is 2.25. The summed E-state index contributed by atoms with van der Waals surface area (Å²) in [7, 11) is 1.61. The first kappa shape index (κ1) is 13.1. The first-order valence-electron chi connectivity index (χ1n) is 6.15. The van der Waals surface area contributed by atoms with E-state index in [1.165, 1.54) is 6.08 Å². The van der Waals surface area contributed by atoms with Crippen molar-refractivity contribution in [2.45, 2.75) is 13.8 Å². The third-order valence-corrected chi connectivity index (χ3v) is 3.00. The van der Waals surface area contributed by atoms with Crippen LogP contribution in [0.15, 0.2) is 36.4 Å². The molecule has 0 radical (unpaired) electrons. The van der Waals surface area contributed by atoms with Crippen molar-refractivity contribution in [3.63, 3.8) is 0 Å². The largest absolute Gasteiger partial charge is 0.356 e. The number of amides is 1. The van der Waals surface area contributed by atoms with E-state index in [2.05, 4.69) is 10.4 Å². The molecule has 4 nitrogen and oxygen atoms in total. The molecule has 0 aliphatic carbocycles. The van der Waals surface area contributed by atoms with E-state index in [1.54, 1.807) is 13.1 Å². The lowest BCUT2D eigenvalue weighted by Gasteiger charge is -2.03. The summed E-state index contributed by atoms with van der Waals surface area (Å²) in [5, 5.41) is 7.08. The van der Waals surface area contributed by atoms with Crippen molar-refractivity contribution in [2.75, 3.05) is 7.05 Å². The summed E-state index contributed by atoms with van der Waals surface area (Å²) in [4.78, 5) is 11.3. The number of nitrogens with one attached hydrogen (secondary N) is 1. The molecule has 0 aliphatic rings. The molecule has 98 valence electrons. The molecular weight excluding hydrogens is 238 g/mol. The highest BCUT2D eigenvalue weighted by Crippen LogP contribution is 2.18. The number of hydrogen-bond acceptors (Lipinski definition) is 2. The second-order valence-corrected chi connectivity index (χ2v) is 4.28. The molecule has 0 atom stereocenters. The first-order chi connectivity index (χ1) is 9.13. The Morgan fingerprint density at radius 1 is 1.26 bits per heavy atom. The summed E-state index contributed by atoms with van der Waals surface area (Å²) in [6.07, 6.45) is 3.32. The van der Waals surface area contributed by atoms with E-state index in [1.807, 2.05) is 48.9 Å². The fourth-order valence-electron chi connectivity index (χ4n) is 1.96. The van der Waals surface area contributed by atoms with E-state index in [0.29, 0.717) is 0 Å². The molecule has 19 heavy (non-hydrogen) atoms. The molecule has 2 rings (SSSR count). The van der Waals surface area contributed by atoms with Crippen LogP contribution in [0, 0.1) is 13.8 Å². The standard InChI is InChI=1S/C15H17N3O/c1-11-14(9-10-15(19)16-3)12(2)18(17-11)13-7-5-4-6-8-13/h4-10H,1-3H3,(H,16,19)/b10-9+. The van der Waals surface area contributed by atoms with Gasteiger partial charge in [-0.05, 0) is 32.1 Å². The summed E-state index contributed by atoms with van der Waals surface area (Å²) < 4.78 is 1.89. The van der Waals surface area contributed by atoms with Gasteiger partial charge in [0.05, 0.1) is 11.4 Å². The Labute approximate surface area is 112 Å². The normalized spacial score (nSPS) is 10.9. The van der Waals surface area contributed by atoms with Crippen LogP contribution in [-0.4, -0.2) is 22.7 Å². The molecule has 0 fully saturated rings. The lowest BCUT2D eigenvalue weighted by Crippen LogP contribution is -2.13. The Hall–Kier alpha value is -2.36. The highest BCUT2D eigenvalue weighted by atomic mass is 16.1. The third kappa shape index (κ3) is 2.73. The second-order valence-electron chi connectivity index (χ2n) is 4.28. The Balaban J connectivity index is 2.41. The van der Waals surface area contributed by atoms with E-state index in [-0.39, 0.29) is 5.91 Å². The highest BCUT2D eigenvalue weighted by molar-refractivity contribution is 5.91. The molecule has 1 N–H and O–H groups in total. The fraction of sp³-hybridized carbons (Fsp3) is 0.200. The van der Waals surface area contributed by atoms with Crippen molar-refractivity contribution in [2.24, 2.45) is 0 Å². The number of carbonyl (C=O) groups excluding carboxylic acids is 1. The van der Waals surface area contributed by atoms with Crippen LogP contribution in [-0.2, 0) is 4.79 Å². The number of hydrogen-bond donors (Lipinski definition) is 1. The molecule has 1 aromatic heterocycles. The minimum atomic E-state index is -0.119. The maximum Gasteiger partial charge on any atom is 0.243 e. The Bertz CT molecular complexity index is 612. The van der Waals surface area contributed by atoms with E-state index in [9.17, 15) is 4.79 Å². The zero-order valence-corrected chi connectivity index (χ0v) is 11.3. The van der Waals surface area contributed by atoms with Gasteiger partial charge in [0.1, 0.15) is 0 Å². The number of rotatable bonds is 3. The van der Waals surface area contributed by atoms with E-state index in [4.69, 9.17) is 0 Å². The maximum atomic E-state index is 11.3. The number of benzene rings is 1. The monoisotopic (exact) mass is 255 g/mol. The smallest absolute Gasteiger partial charge is 0.243 e. The molecule has 1 heterocycles. The van der Waals surface area contributed by atoms with Crippen molar-refractivity contribution in [3.8, 4) is 5.69 Å². The molecule has 0 saturated carbocycles. The number of aryl methyl sites for hydroxylation is 1. The Kier molecular flexibility index (Phi) is 3.80. The third-order valence-electron chi connectivity index (χ3n) is 3.00. The summed E-state index contributed by atoms with van der Waals surface area (Å²) in [5.41, 5.74) is 3.92. The summed E-state index contributed by atoms with van der Waals surface area (Å²) in [6.45, 7) is 3.94. The van der Waals surface area contributed by atoms with E-state index < -0.39 is 0 Å². The molecule has 4 heteroatoms. The maximum absolute atomic E-state index is 11.3. The van der Waals surface area contributed by atoms with Gasteiger partial charge in [0.25, 0.3) is 0 Å². The van der Waals surface area contributed by atoms with Crippen LogP contribution < -0.4 is 5.32 Å². The van der Waals surface area contributed by atoms with Gasteiger partial charge in [0, 0.05) is 24.4 Å². The highest BCUT2D eigenvalue weighted by Gasteiger charge is 2.10. The minimum absolute atomic E-state index is 0.119. The van der Waals surface area contributed by atoms with Crippen LogP contribution >= 0.6 is 0 Å². The summed E-state index contributed by atoms with van der Waals surface area (Å²) in [5.74, 6) is -0.119. The van der Waals surface area contributed by atoms with Crippen molar-refractivity contribution in [3.05, 3.63) is 53.4 Å². The lowest BCUT2D eigenvalue weighted by molar-refractivity contribution is -0.115. The van der Waals surface area contributed by atoms with Crippen molar-refractivity contribution < 1.29 is 4.79 Å². The Morgan fingerprint density at radius 2 is 1.95 bits per heavy atom. The molecular formula is C15H17N3O. The number of likely N-dealkylation sites (N-methyl/N-ethyl adjacent to an activating group) is 1. The van der Waals surface area contributed by atoms with Crippen LogP contribution in [0.5, 0.6) is 0 Å². The predicted molar refractivity (Wildman–Crippen MR) is 76.1 cm³/mol. The molecule has 2 aromatic rings. The molecule has 0 spiro atoms. The number of aromatic nitrogens is 2. The van der Waals surface area contributed by atoms with Gasteiger partial charge in [-0.15, -0.1) is 0 Å². The number of carbonyl (C=O) groups is 1. The van der Waals surface area contributed by atoms with Gasteiger partial charge >= 0.3 is 0 Å². The van der Waals surface area contributed by atoms with Crippen molar-refractivity contribution >= 4 is 12.0 Å². The van der Waals surface area contributed by atoms with Crippen LogP contribution in [0.3, 0.4) is 0 Å². The first-order valence-corrected chi connectivity index (χ1v) is 6.15. The lowest BCUT2D eigenvalue weighted by atomic mass is 10.2. The van der Waals surface area contributed by atoms with E-state index in [0.717, 1.165) is 22.6 Å². The van der Waals surface area contributed by atoms with Gasteiger partial charge < -0.3 is 5.32 Å². The number of nitrogens with zero attached hydrogens (tertiary/aromatic N) is 2. The topological polar surface area (TPSA) is 46.9 Å². The molecule has 0 unspecified atom stereocenters. The van der Waals surface area contributed by atoms with Crippen LogP contribution in [0.4, 0.5) is 0 Å². The molecule has 0 bridgehead atoms. The molecule has 0 saturated heterocycles. The van der Waals surface area contributed by atoms with Crippen molar-refractivity contribution in [1.29, 1.82) is 0 Å². The minimum Gasteiger partial charge on any atom is -0.356 e. The van der Waals surface area contributed by atoms with Crippen LogP contribution in [0.1, 0.15) is 17.0 Å². The van der Waals surface area contributed by atoms with Crippen LogP contribution in [0.25, 0.3) is 11.8 Å². The molecule has 0 aliphatic heterocycles. The Morgan fingerprint density at radius 3 is 2.58 bits per heavy atom. The SMILES string of the molecule is CNC(=O)/C=C/c1c(C)nn(-c2ccccc2)c1C. The zero-order valence-electron chi connectivity index (χ0n) is 11.3. The van der Waals surface area contributed by atoms with Gasteiger partial charge in [-0.2, -0.15) is 5.10 Å². The summed E-state index contributed by atoms with van der Waals surface area (Å²) >= 11 is 0. The average Bonchev–Trinajstić information content (AvgIpc) is 2.72. The quantitative estimate of drug-likeness (QED) is 0.855. The summed E-state index contributed by atoms with van der Waals surface area (Å²) in [6, 6.07) is 9.94. The van der Waals surface area contributed by atoms with Crippen molar-refractivity contribution in [1.82, 2.24) is 15.1 Å². The van der Waals surface area contributed by atoms with Gasteiger partial charge in [0.2, 0.25) is 5.91 Å². The molecule has 1 aromatic carbocycles. The van der Waals surface area contributed by atoms with Crippen LogP contribution in [0.2, 0.25) is 0 Å². The zero-order chi connectivity index (χ0) is 13.8. The van der Waals surface area contributed by atoms with Gasteiger partial charge in [-0.3, -0.25) is 4.79 Å². The van der Waals surface area contributed by atoms with Gasteiger partial charge in [-0.1, -0.05) is 18.2 Å². The van der Waals surface area contributed by atoms with Gasteiger partial charge in [-0.25, -0.2) is 4.68 Å². The van der Waals surface area contributed by atoms with Gasteiger partial charge in [0.15, 0.2) is 0 Å². The fourth-order valence-corrected chi connectivity index (χ4v) is 1.96. The van der Waals surface area contributed by atoms with E-state index >= 15 is 0 Å². The molecule has 1 amide bonds. The average molecular weight is 255 g/mol. The number of para-hydroxylation sites is 1.